The molecule has 3 rings (SSSR count). The molecule has 0 saturated heterocycles. The molecular weight excluding hydrogens is 322 g/mol. The molecule has 0 aliphatic rings. The van der Waals surface area contributed by atoms with Crippen LogP contribution in [0.5, 0.6) is 5.75 Å². The van der Waals surface area contributed by atoms with E-state index in [0.29, 0.717) is 16.7 Å². The number of non-ortho nitro benzene ring substituents is 1. The second-order valence-corrected chi connectivity index (χ2v) is 5.22. The van der Waals surface area contributed by atoms with Crippen LogP contribution in [0, 0.1) is 10.1 Å². The van der Waals surface area contributed by atoms with Crippen LogP contribution in [0.4, 0.5) is 5.69 Å². The number of nitro benzene ring substituents is 1. The van der Waals surface area contributed by atoms with E-state index in [4.69, 9.17) is 5.21 Å². The minimum absolute atomic E-state index is 0.0877. The third kappa shape index (κ3) is 3.16. The van der Waals surface area contributed by atoms with Gasteiger partial charge in [0.15, 0.2) is 0 Å². The summed E-state index contributed by atoms with van der Waals surface area (Å²) in [6.45, 7) is 0. The number of phenols is 1. The second-order valence-electron chi connectivity index (χ2n) is 5.22. The predicted octanol–water partition coefficient (Wildman–Crippen LogP) is 3.84. The Balaban J connectivity index is 2.30. The number of aromatic hydroxyl groups is 1. The van der Waals surface area contributed by atoms with Crippen LogP contribution in [0.1, 0.15) is 5.56 Å². The summed E-state index contributed by atoms with van der Waals surface area (Å²) in [4.78, 5) is 14.6. The molecule has 3 aromatic rings. The van der Waals surface area contributed by atoms with E-state index >= 15 is 0 Å². The van der Waals surface area contributed by atoms with Gasteiger partial charge in [0.2, 0.25) is 0 Å². The second kappa shape index (κ2) is 6.79. The number of phenolic OH excluding ortho intramolecular Hbond substituents is 1. The van der Waals surface area contributed by atoms with Crippen LogP contribution >= 0.6 is 0 Å². The van der Waals surface area contributed by atoms with Crippen LogP contribution in [-0.2, 0) is 0 Å². The third-order valence-electron chi connectivity index (χ3n) is 3.72. The van der Waals surface area contributed by atoms with Crippen molar-refractivity contribution in [1.82, 2.24) is 4.98 Å². The molecule has 0 aliphatic carbocycles. The molecule has 1 heterocycles. The molecule has 2 N–H and O–H groups in total. The van der Waals surface area contributed by atoms with E-state index < -0.39 is 4.92 Å². The average molecular weight is 335 g/mol. The van der Waals surface area contributed by atoms with Gasteiger partial charge in [0.1, 0.15) is 5.75 Å². The fraction of sp³-hybridized carbons (Fsp3) is 0. The Morgan fingerprint density at radius 3 is 2.60 bits per heavy atom. The minimum Gasteiger partial charge on any atom is -0.507 e. The summed E-state index contributed by atoms with van der Waals surface area (Å²) in [6.07, 6.45) is 4.36. The number of pyridine rings is 1. The average Bonchev–Trinajstić information content (AvgIpc) is 2.64. The van der Waals surface area contributed by atoms with E-state index in [9.17, 15) is 15.2 Å². The van der Waals surface area contributed by atoms with E-state index in [-0.39, 0.29) is 17.0 Å². The van der Waals surface area contributed by atoms with E-state index in [1.165, 1.54) is 12.1 Å². The predicted molar refractivity (Wildman–Crippen MR) is 92.8 cm³/mol. The highest BCUT2D eigenvalue weighted by Gasteiger charge is 2.17. The highest BCUT2D eigenvalue weighted by Crippen LogP contribution is 2.41. The third-order valence-corrected chi connectivity index (χ3v) is 3.72. The van der Waals surface area contributed by atoms with Gasteiger partial charge in [0, 0.05) is 41.2 Å². The molecule has 0 bridgehead atoms. The first-order chi connectivity index (χ1) is 12.1. The molecule has 0 unspecified atom stereocenters. The SMILES string of the molecule is O=[N+]([O-])c1cccc(-c2c(-c3cccnc3)ccc(C=NO)c2O)c1. The fourth-order valence-electron chi connectivity index (χ4n) is 2.60. The quantitative estimate of drug-likeness (QED) is 0.326. The van der Waals surface area contributed by atoms with Crippen molar-refractivity contribution < 1.29 is 15.2 Å². The van der Waals surface area contributed by atoms with Crippen LogP contribution in [0.15, 0.2) is 66.1 Å². The number of hydrogen-bond donors (Lipinski definition) is 2. The molecule has 25 heavy (non-hydrogen) atoms. The van der Waals surface area contributed by atoms with Crippen molar-refractivity contribution in [2.45, 2.75) is 0 Å². The Labute approximate surface area is 142 Å². The molecule has 0 amide bonds. The number of hydrogen-bond acceptors (Lipinski definition) is 6. The molecule has 0 atom stereocenters. The highest BCUT2D eigenvalue weighted by molar-refractivity contribution is 5.95. The van der Waals surface area contributed by atoms with E-state index in [2.05, 4.69) is 10.1 Å². The van der Waals surface area contributed by atoms with Crippen LogP contribution < -0.4 is 0 Å². The molecule has 0 aliphatic heterocycles. The van der Waals surface area contributed by atoms with Crippen molar-refractivity contribution in [2.75, 3.05) is 0 Å². The Morgan fingerprint density at radius 2 is 1.92 bits per heavy atom. The highest BCUT2D eigenvalue weighted by atomic mass is 16.6. The monoisotopic (exact) mass is 335 g/mol. The van der Waals surface area contributed by atoms with Crippen LogP contribution in [0.25, 0.3) is 22.3 Å². The maximum Gasteiger partial charge on any atom is 0.270 e. The van der Waals surface area contributed by atoms with Crippen molar-refractivity contribution in [3.05, 3.63) is 76.6 Å². The molecule has 0 spiro atoms. The van der Waals surface area contributed by atoms with Gasteiger partial charge < -0.3 is 10.3 Å². The van der Waals surface area contributed by atoms with Crippen molar-refractivity contribution in [3.63, 3.8) is 0 Å². The Morgan fingerprint density at radius 1 is 1.12 bits per heavy atom. The van der Waals surface area contributed by atoms with E-state index in [1.54, 1.807) is 42.7 Å². The van der Waals surface area contributed by atoms with Gasteiger partial charge in [-0.05, 0) is 23.3 Å². The van der Waals surface area contributed by atoms with E-state index in [0.717, 1.165) is 11.8 Å². The maximum atomic E-state index is 11.1. The Hall–Kier alpha value is -3.74. The number of nitro groups is 1. The zero-order valence-electron chi connectivity index (χ0n) is 12.9. The zero-order valence-corrected chi connectivity index (χ0v) is 12.9. The van der Waals surface area contributed by atoms with Crippen LogP contribution in [0.3, 0.4) is 0 Å². The lowest BCUT2D eigenvalue weighted by atomic mass is 9.92. The summed E-state index contributed by atoms with van der Waals surface area (Å²) in [7, 11) is 0. The van der Waals surface area contributed by atoms with E-state index in [1.807, 2.05) is 6.07 Å². The smallest absolute Gasteiger partial charge is 0.270 e. The van der Waals surface area contributed by atoms with Gasteiger partial charge in [-0.2, -0.15) is 0 Å². The first-order valence-electron chi connectivity index (χ1n) is 7.30. The number of nitrogens with zero attached hydrogens (tertiary/aromatic N) is 3. The Bertz CT molecular complexity index is 956. The standard InChI is InChI=1S/C18H13N3O4/c22-18-14(11-20-23)6-7-16(13-4-2-8-19-10-13)17(18)12-3-1-5-15(9-12)21(24)25/h1-11,22-23H. The van der Waals surface area contributed by atoms with Crippen LogP contribution in [0.2, 0.25) is 0 Å². The van der Waals surface area contributed by atoms with Gasteiger partial charge in [-0.3, -0.25) is 15.1 Å². The summed E-state index contributed by atoms with van der Waals surface area (Å²) in [6, 6.07) is 12.9. The van der Waals surface area contributed by atoms with Crippen molar-refractivity contribution >= 4 is 11.9 Å². The minimum atomic E-state index is -0.497. The number of rotatable bonds is 4. The van der Waals surface area contributed by atoms with Crippen LogP contribution in [-0.4, -0.2) is 26.4 Å². The first kappa shape index (κ1) is 16.1. The van der Waals surface area contributed by atoms with Crippen molar-refractivity contribution in [1.29, 1.82) is 0 Å². The summed E-state index contributed by atoms with van der Waals surface area (Å²) in [5.74, 6) is -0.139. The number of aromatic nitrogens is 1. The molecule has 1 aromatic heterocycles. The molecule has 7 heteroatoms. The summed E-state index contributed by atoms with van der Waals surface area (Å²) in [5.41, 5.74) is 2.47. The lowest BCUT2D eigenvalue weighted by molar-refractivity contribution is -0.384. The van der Waals surface area contributed by atoms with Gasteiger partial charge in [-0.1, -0.05) is 29.4 Å². The summed E-state index contributed by atoms with van der Waals surface area (Å²) >= 11 is 0. The molecule has 0 radical (unpaired) electrons. The van der Waals surface area contributed by atoms with Gasteiger partial charge in [0.25, 0.3) is 5.69 Å². The number of benzene rings is 2. The van der Waals surface area contributed by atoms with Gasteiger partial charge in [-0.25, -0.2) is 0 Å². The summed E-state index contributed by atoms with van der Waals surface area (Å²) < 4.78 is 0. The maximum absolute atomic E-state index is 11.1. The summed E-state index contributed by atoms with van der Waals surface area (Å²) in [5, 5.41) is 33.4. The van der Waals surface area contributed by atoms with Gasteiger partial charge in [-0.15, -0.1) is 0 Å². The van der Waals surface area contributed by atoms with Crippen molar-refractivity contribution in [3.8, 4) is 28.0 Å². The topological polar surface area (TPSA) is 109 Å². The molecule has 0 saturated carbocycles. The van der Waals surface area contributed by atoms with Gasteiger partial charge >= 0.3 is 0 Å². The molecule has 2 aromatic carbocycles. The molecule has 7 nitrogen and oxygen atoms in total. The fourth-order valence-corrected chi connectivity index (χ4v) is 2.60. The zero-order chi connectivity index (χ0) is 17.8. The largest absolute Gasteiger partial charge is 0.507 e. The number of oxime groups is 1. The molecule has 0 fully saturated rings. The lowest BCUT2D eigenvalue weighted by Crippen LogP contribution is -1.93. The van der Waals surface area contributed by atoms with Crippen molar-refractivity contribution in [2.24, 2.45) is 5.16 Å². The normalized spacial score (nSPS) is 10.9. The molecular formula is C18H13N3O4. The lowest BCUT2D eigenvalue weighted by Gasteiger charge is -2.14. The Kier molecular flexibility index (Phi) is 4.38. The van der Waals surface area contributed by atoms with Gasteiger partial charge in [0.05, 0.1) is 11.1 Å². The first-order valence-corrected chi connectivity index (χ1v) is 7.30. The molecule has 124 valence electrons.